The summed E-state index contributed by atoms with van der Waals surface area (Å²) in [4.78, 5) is 14.2. The molecule has 3 rings (SSSR count). The number of aliphatic hydroxyl groups is 1. The number of rotatable bonds is 1. The van der Waals surface area contributed by atoms with E-state index in [9.17, 15) is 9.90 Å². The van der Waals surface area contributed by atoms with Crippen molar-refractivity contribution in [2.24, 2.45) is 0 Å². The molecule has 1 unspecified atom stereocenters. The van der Waals surface area contributed by atoms with Gasteiger partial charge in [-0.1, -0.05) is 17.7 Å². The smallest absolute Gasteiger partial charge is 0.223 e. The van der Waals surface area contributed by atoms with Gasteiger partial charge in [-0.3, -0.25) is 4.79 Å². The third-order valence-electron chi connectivity index (χ3n) is 4.56. The van der Waals surface area contributed by atoms with E-state index in [-0.39, 0.29) is 11.9 Å². The van der Waals surface area contributed by atoms with Crippen LogP contribution >= 0.6 is 0 Å². The van der Waals surface area contributed by atoms with Crippen molar-refractivity contribution < 1.29 is 14.6 Å². The second-order valence-electron chi connectivity index (χ2n) is 6.68. The molecular formula is C17H23NO3. The van der Waals surface area contributed by atoms with Crippen LogP contribution in [0.25, 0.3) is 0 Å². The zero-order chi connectivity index (χ0) is 15.2. The number of aliphatic hydroxyl groups excluding tert-OH is 1. The van der Waals surface area contributed by atoms with E-state index in [1.807, 2.05) is 43.9 Å². The van der Waals surface area contributed by atoms with Crippen LogP contribution in [-0.4, -0.2) is 34.2 Å². The van der Waals surface area contributed by atoms with Crippen molar-refractivity contribution in [2.75, 3.05) is 6.54 Å². The second kappa shape index (κ2) is 5.02. The van der Waals surface area contributed by atoms with Crippen LogP contribution in [0, 0.1) is 6.92 Å². The van der Waals surface area contributed by atoms with Crippen molar-refractivity contribution >= 4 is 5.91 Å². The van der Waals surface area contributed by atoms with E-state index in [1.54, 1.807) is 0 Å². The van der Waals surface area contributed by atoms with Gasteiger partial charge in [0, 0.05) is 18.5 Å². The summed E-state index contributed by atoms with van der Waals surface area (Å²) in [6.45, 7) is 6.48. The Balaban J connectivity index is 2.08. The molecule has 1 amide bonds. The predicted molar refractivity (Wildman–Crippen MR) is 80.2 cm³/mol. The van der Waals surface area contributed by atoms with Crippen molar-refractivity contribution in [3.05, 3.63) is 29.3 Å². The van der Waals surface area contributed by atoms with Gasteiger partial charge in [0.25, 0.3) is 0 Å². The minimum absolute atomic E-state index is 0.135. The van der Waals surface area contributed by atoms with Gasteiger partial charge in [0.05, 0.1) is 6.04 Å². The highest BCUT2D eigenvalue weighted by Gasteiger charge is 2.46. The van der Waals surface area contributed by atoms with Gasteiger partial charge in [-0.2, -0.15) is 0 Å². The van der Waals surface area contributed by atoms with Gasteiger partial charge >= 0.3 is 0 Å². The Morgan fingerprint density at radius 3 is 2.81 bits per heavy atom. The molecule has 4 nitrogen and oxygen atoms in total. The molecule has 0 aliphatic carbocycles. The Labute approximate surface area is 125 Å². The van der Waals surface area contributed by atoms with E-state index in [0.29, 0.717) is 13.0 Å². The van der Waals surface area contributed by atoms with E-state index in [1.165, 1.54) is 0 Å². The normalized spacial score (nSPS) is 28.0. The summed E-state index contributed by atoms with van der Waals surface area (Å²) in [5, 5.41) is 10.8. The first-order valence-corrected chi connectivity index (χ1v) is 7.67. The number of carbonyl (C=O) groups is 1. The first-order valence-electron chi connectivity index (χ1n) is 7.67. The van der Waals surface area contributed by atoms with Gasteiger partial charge in [-0.05, 0) is 39.7 Å². The molecule has 2 aliphatic heterocycles. The topological polar surface area (TPSA) is 49.8 Å². The number of piperidine rings is 1. The zero-order valence-corrected chi connectivity index (χ0v) is 12.9. The van der Waals surface area contributed by atoms with Gasteiger partial charge in [0.1, 0.15) is 17.5 Å². The Hall–Kier alpha value is -1.55. The number of nitrogens with zero attached hydrogens (tertiary/aromatic N) is 1. The quantitative estimate of drug-likeness (QED) is 0.864. The molecule has 2 heterocycles. The molecule has 2 atom stereocenters. The molecule has 0 radical (unpaired) electrons. The summed E-state index contributed by atoms with van der Waals surface area (Å²) in [5.41, 5.74) is 1.33. The van der Waals surface area contributed by atoms with Crippen LogP contribution in [0.15, 0.2) is 18.2 Å². The van der Waals surface area contributed by atoms with Gasteiger partial charge in [-0.25, -0.2) is 0 Å². The molecule has 1 N–H and O–H groups in total. The van der Waals surface area contributed by atoms with Crippen molar-refractivity contribution in [3.63, 3.8) is 0 Å². The van der Waals surface area contributed by atoms with Crippen molar-refractivity contribution in [1.82, 2.24) is 4.90 Å². The third-order valence-corrected chi connectivity index (χ3v) is 4.56. The first kappa shape index (κ1) is 14.4. The van der Waals surface area contributed by atoms with Gasteiger partial charge < -0.3 is 14.7 Å². The number of amides is 1. The third kappa shape index (κ3) is 2.42. The second-order valence-corrected chi connectivity index (χ2v) is 6.68. The highest BCUT2D eigenvalue weighted by atomic mass is 16.5. The number of ether oxygens (including phenoxy) is 1. The maximum Gasteiger partial charge on any atom is 0.223 e. The molecule has 0 bridgehead atoms. The minimum atomic E-state index is -0.728. The van der Waals surface area contributed by atoms with Crippen molar-refractivity contribution in [1.29, 1.82) is 0 Å². The molecule has 0 aromatic heterocycles. The van der Waals surface area contributed by atoms with Crippen LogP contribution in [0.1, 0.15) is 50.3 Å². The Morgan fingerprint density at radius 2 is 2.10 bits per heavy atom. The number of likely N-dealkylation sites (tertiary alicyclic amines) is 1. The Morgan fingerprint density at radius 1 is 1.33 bits per heavy atom. The molecule has 1 aromatic carbocycles. The van der Waals surface area contributed by atoms with E-state index < -0.39 is 11.7 Å². The number of fused-ring (bicyclic) bond motifs is 1. The minimum Gasteiger partial charge on any atom is -0.485 e. The van der Waals surface area contributed by atoms with E-state index in [2.05, 4.69) is 0 Å². The van der Waals surface area contributed by atoms with Gasteiger partial charge in [0.15, 0.2) is 0 Å². The summed E-state index contributed by atoms with van der Waals surface area (Å²) in [6.07, 6.45) is 1.79. The number of benzene rings is 1. The average Bonchev–Trinajstić information content (AvgIpc) is 2.42. The summed E-state index contributed by atoms with van der Waals surface area (Å²) in [5.74, 6) is 0.912. The molecular weight excluding hydrogens is 266 g/mol. The largest absolute Gasteiger partial charge is 0.485 e. The van der Waals surface area contributed by atoms with Crippen LogP contribution in [0.2, 0.25) is 0 Å². The van der Waals surface area contributed by atoms with E-state index in [4.69, 9.17) is 4.74 Å². The number of hydrogen-bond acceptors (Lipinski definition) is 3. The Bertz CT molecular complexity index is 567. The summed E-state index contributed by atoms with van der Waals surface area (Å²) < 4.78 is 5.95. The molecule has 1 saturated heterocycles. The van der Waals surface area contributed by atoms with E-state index in [0.717, 1.165) is 29.7 Å². The molecule has 114 valence electrons. The monoisotopic (exact) mass is 289 g/mol. The zero-order valence-electron chi connectivity index (χ0n) is 12.9. The van der Waals surface area contributed by atoms with Crippen molar-refractivity contribution in [3.8, 4) is 5.75 Å². The van der Waals surface area contributed by atoms with Crippen LogP contribution in [0.4, 0.5) is 0 Å². The molecule has 0 spiro atoms. The first-order chi connectivity index (χ1) is 9.90. The molecule has 1 fully saturated rings. The van der Waals surface area contributed by atoms with Crippen LogP contribution < -0.4 is 4.74 Å². The maximum absolute atomic E-state index is 12.3. The fourth-order valence-electron chi connectivity index (χ4n) is 3.35. The summed E-state index contributed by atoms with van der Waals surface area (Å²) in [7, 11) is 0. The predicted octanol–water partition coefficient (Wildman–Crippen LogP) is 2.58. The molecule has 4 heteroatoms. The average molecular weight is 289 g/mol. The van der Waals surface area contributed by atoms with Gasteiger partial charge in [0.2, 0.25) is 5.91 Å². The number of carbonyl (C=O) groups excluding carboxylic acids is 1. The summed E-state index contributed by atoms with van der Waals surface area (Å²) in [6, 6.07) is 5.67. The summed E-state index contributed by atoms with van der Waals surface area (Å²) >= 11 is 0. The molecule has 0 saturated carbocycles. The van der Waals surface area contributed by atoms with Crippen LogP contribution in [-0.2, 0) is 4.79 Å². The molecule has 1 aromatic rings. The lowest BCUT2D eigenvalue weighted by Crippen LogP contribution is -2.55. The fraction of sp³-hybridized carbons (Fsp3) is 0.588. The van der Waals surface area contributed by atoms with Crippen molar-refractivity contribution in [2.45, 2.75) is 57.8 Å². The maximum atomic E-state index is 12.3. The lowest BCUT2D eigenvalue weighted by molar-refractivity contribution is -0.147. The lowest BCUT2D eigenvalue weighted by atomic mass is 9.84. The van der Waals surface area contributed by atoms with Crippen LogP contribution in [0.3, 0.4) is 0 Å². The van der Waals surface area contributed by atoms with Gasteiger partial charge in [-0.15, -0.1) is 0 Å². The molecule has 2 aliphatic rings. The Kier molecular flexibility index (Phi) is 3.44. The number of hydrogen-bond donors (Lipinski definition) is 1. The highest BCUT2D eigenvalue weighted by Crippen LogP contribution is 2.44. The molecule has 21 heavy (non-hydrogen) atoms. The highest BCUT2D eigenvalue weighted by molar-refractivity contribution is 5.77. The SMILES string of the molecule is Cc1ccc2c(c1)C(N1CCCCC1=O)[C@H](O)C(C)(C)O2. The fourth-order valence-corrected chi connectivity index (χ4v) is 3.35. The standard InChI is InChI=1S/C17H23NO3/c1-11-7-8-13-12(10-11)15(16(20)17(2,3)21-13)18-9-5-4-6-14(18)19/h7-8,10,15-16,20H,4-6,9H2,1-3H3/t15?,16-/m0/s1. The lowest BCUT2D eigenvalue weighted by Gasteiger charge is -2.47. The van der Waals surface area contributed by atoms with E-state index >= 15 is 0 Å². The number of aryl methyl sites for hydroxylation is 1. The van der Waals surface area contributed by atoms with Crippen LogP contribution in [0.5, 0.6) is 5.75 Å².